The van der Waals surface area contributed by atoms with Crippen molar-refractivity contribution in [1.29, 1.82) is 0 Å². The Morgan fingerprint density at radius 3 is 2.39 bits per heavy atom. The van der Waals surface area contributed by atoms with Crippen LogP contribution in [-0.4, -0.2) is 44.4 Å². The molecule has 0 saturated carbocycles. The van der Waals surface area contributed by atoms with E-state index < -0.39 is 17.7 Å². The second-order valence-electron chi connectivity index (χ2n) is 8.33. The van der Waals surface area contributed by atoms with Crippen LogP contribution in [0, 0.1) is 6.92 Å². The molecule has 5 rings (SSSR count). The molecule has 36 heavy (non-hydrogen) atoms. The molecule has 8 heteroatoms. The second-order valence-corrected chi connectivity index (χ2v) is 8.33. The van der Waals surface area contributed by atoms with Crippen molar-refractivity contribution >= 4 is 34.5 Å². The lowest BCUT2D eigenvalue weighted by Gasteiger charge is -2.25. The van der Waals surface area contributed by atoms with Crippen LogP contribution in [0.4, 0.5) is 0 Å². The third kappa shape index (κ3) is 4.71. The Labute approximate surface area is 206 Å². The molecule has 2 aromatic carbocycles. The summed E-state index contributed by atoms with van der Waals surface area (Å²) in [6.07, 6.45) is 5.86. The zero-order valence-corrected chi connectivity index (χ0v) is 19.5. The fourth-order valence-corrected chi connectivity index (χ4v) is 4.45. The van der Waals surface area contributed by atoms with Gasteiger partial charge in [-0.2, -0.15) is 9.59 Å². The van der Waals surface area contributed by atoms with Gasteiger partial charge in [0.1, 0.15) is 5.76 Å². The highest BCUT2D eigenvalue weighted by Crippen LogP contribution is 2.39. The number of aromatic amines is 1. The number of aryl methyl sites for hydroxylation is 1. The molecule has 1 aliphatic heterocycles. The number of ketones is 1. The molecule has 1 amide bonds. The number of Topliss-reactive ketones (excluding diaryl/α,β-unsaturated/α-hetero) is 1. The van der Waals surface area contributed by atoms with Crippen molar-refractivity contribution in [2.45, 2.75) is 19.4 Å². The third-order valence-corrected chi connectivity index (χ3v) is 6.18. The number of hydrogen-bond acceptors (Lipinski definition) is 6. The number of nitrogens with zero attached hydrogens (tertiary/aromatic N) is 2. The van der Waals surface area contributed by atoms with E-state index in [1.54, 1.807) is 29.4 Å². The minimum absolute atomic E-state index is 0.106. The Morgan fingerprint density at radius 2 is 1.69 bits per heavy atom. The molecule has 180 valence electrons. The van der Waals surface area contributed by atoms with Gasteiger partial charge < -0.3 is 15.0 Å². The quantitative estimate of drug-likeness (QED) is 0.253. The van der Waals surface area contributed by atoms with E-state index >= 15 is 0 Å². The van der Waals surface area contributed by atoms with Crippen LogP contribution < -0.4 is 0 Å². The molecular weight excluding hydrogens is 458 g/mol. The molecular formula is C28H23N3O5. The summed E-state index contributed by atoms with van der Waals surface area (Å²) in [5.41, 5.74) is 4.52. The zero-order valence-electron chi connectivity index (χ0n) is 19.5. The van der Waals surface area contributed by atoms with Crippen LogP contribution in [0.1, 0.15) is 28.3 Å². The molecule has 2 aromatic heterocycles. The molecule has 4 aromatic rings. The third-order valence-electron chi connectivity index (χ3n) is 6.18. The first kappa shape index (κ1) is 24.3. The number of aliphatic hydroxyl groups excluding tert-OH is 1. The summed E-state index contributed by atoms with van der Waals surface area (Å²) >= 11 is 0. The molecule has 1 aliphatic rings. The van der Waals surface area contributed by atoms with E-state index in [0.717, 1.165) is 27.6 Å². The summed E-state index contributed by atoms with van der Waals surface area (Å²) in [6.45, 7) is 2.33. The number of pyridine rings is 1. The van der Waals surface area contributed by atoms with Gasteiger partial charge in [-0.25, -0.2) is 0 Å². The Balaban J connectivity index is 0.000000967. The van der Waals surface area contributed by atoms with Gasteiger partial charge in [-0.3, -0.25) is 14.6 Å². The van der Waals surface area contributed by atoms with E-state index in [0.29, 0.717) is 18.5 Å². The number of benzene rings is 2. The lowest BCUT2D eigenvalue weighted by Crippen LogP contribution is -2.31. The van der Waals surface area contributed by atoms with Gasteiger partial charge in [0.05, 0.1) is 11.6 Å². The molecule has 0 radical (unpaired) electrons. The van der Waals surface area contributed by atoms with E-state index in [1.165, 1.54) is 0 Å². The Kier molecular flexibility index (Phi) is 7.18. The van der Waals surface area contributed by atoms with Crippen molar-refractivity contribution < 1.29 is 24.3 Å². The average Bonchev–Trinajstić information content (AvgIpc) is 3.42. The van der Waals surface area contributed by atoms with Crippen LogP contribution in [0.3, 0.4) is 0 Å². The highest BCUT2D eigenvalue weighted by molar-refractivity contribution is 6.46. The fourth-order valence-electron chi connectivity index (χ4n) is 4.45. The number of amides is 1. The Hall–Kier alpha value is -4.81. The summed E-state index contributed by atoms with van der Waals surface area (Å²) in [6, 6.07) is 18.3. The monoisotopic (exact) mass is 481 g/mol. The number of rotatable bonds is 5. The van der Waals surface area contributed by atoms with Gasteiger partial charge in [0.25, 0.3) is 11.7 Å². The summed E-state index contributed by atoms with van der Waals surface area (Å²) in [5.74, 6) is -1.46. The maximum Gasteiger partial charge on any atom is 0.373 e. The van der Waals surface area contributed by atoms with Gasteiger partial charge in [-0.15, -0.1) is 0 Å². The highest BCUT2D eigenvalue weighted by Gasteiger charge is 2.45. The number of H-pyrrole nitrogens is 1. The maximum absolute atomic E-state index is 13.1. The van der Waals surface area contributed by atoms with Crippen LogP contribution in [-0.2, 0) is 25.6 Å². The van der Waals surface area contributed by atoms with Crippen LogP contribution in [0.2, 0.25) is 0 Å². The van der Waals surface area contributed by atoms with Gasteiger partial charge >= 0.3 is 6.15 Å². The summed E-state index contributed by atoms with van der Waals surface area (Å²) in [4.78, 5) is 51.3. The first-order valence-electron chi connectivity index (χ1n) is 11.3. The van der Waals surface area contributed by atoms with Gasteiger partial charge in [-0.05, 0) is 42.7 Å². The SMILES string of the molecule is Cc1ccc(C2C(=C(O)c3ccncc3)C(=O)C(=O)N2CCc2c[nH]c3ccccc23)cc1.O=C=O. The molecule has 3 heterocycles. The van der Waals surface area contributed by atoms with E-state index in [4.69, 9.17) is 9.59 Å². The van der Waals surface area contributed by atoms with Gasteiger partial charge in [-0.1, -0.05) is 48.0 Å². The van der Waals surface area contributed by atoms with Crippen molar-refractivity contribution in [3.63, 3.8) is 0 Å². The minimum atomic E-state index is -0.672. The smallest absolute Gasteiger partial charge is 0.373 e. The number of carbonyl (C=O) groups excluding carboxylic acids is 4. The molecule has 1 atom stereocenters. The van der Waals surface area contributed by atoms with Crippen LogP contribution in [0.25, 0.3) is 16.7 Å². The van der Waals surface area contributed by atoms with E-state index in [-0.39, 0.29) is 17.5 Å². The van der Waals surface area contributed by atoms with Crippen molar-refractivity contribution in [3.05, 3.63) is 107 Å². The normalized spacial score (nSPS) is 16.5. The first-order valence-corrected chi connectivity index (χ1v) is 11.3. The number of aliphatic hydroxyl groups is 1. The number of carbonyl (C=O) groups is 2. The van der Waals surface area contributed by atoms with Crippen molar-refractivity contribution in [2.24, 2.45) is 0 Å². The molecule has 2 N–H and O–H groups in total. The Bertz CT molecular complexity index is 1470. The Morgan fingerprint density at radius 1 is 1.03 bits per heavy atom. The second kappa shape index (κ2) is 10.6. The number of aromatic nitrogens is 2. The highest BCUT2D eigenvalue weighted by atomic mass is 16.3. The topological polar surface area (TPSA) is 120 Å². The van der Waals surface area contributed by atoms with E-state index in [1.807, 2.05) is 61.7 Å². The fraction of sp³-hybridized carbons (Fsp3) is 0.143. The standard InChI is InChI=1S/C27H23N3O3.CO2/c1-17-6-8-18(9-7-17)24-23(25(31)19-10-13-28-14-11-19)26(32)27(33)30(24)15-12-20-16-29-22-5-3-2-4-21(20)22;2-1-3/h2-11,13-14,16,24,29,31H,12,15H2,1H3;. The van der Waals surface area contributed by atoms with Crippen LogP contribution in [0.15, 0.2) is 84.8 Å². The van der Waals surface area contributed by atoms with Gasteiger partial charge in [0, 0.05) is 41.6 Å². The molecule has 1 unspecified atom stereocenters. The van der Waals surface area contributed by atoms with Crippen molar-refractivity contribution in [3.8, 4) is 0 Å². The largest absolute Gasteiger partial charge is 0.507 e. The van der Waals surface area contributed by atoms with Gasteiger partial charge in [0.15, 0.2) is 0 Å². The summed E-state index contributed by atoms with van der Waals surface area (Å²) in [7, 11) is 0. The number of fused-ring (bicyclic) bond motifs is 1. The van der Waals surface area contributed by atoms with Crippen molar-refractivity contribution in [1.82, 2.24) is 14.9 Å². The molecule has 1 fully saturated rings. The zero-order chi connectivity index (χ0) is 25.7. The molecule has 0 bridgehead atoms. The van der Waals surface area contributed by atoms with E-state index in [9.17, 15) is 14.7 Å². The minimum Gasteiger partial charge on any atom is -0.507 e. The molecule has 1 saturated heterocycles. The van der Waals surface area contributed by atoms with Crippen LogP contribution in [0.5, 0.6) is 0 Å². The van der Waals surface area contributed by atoms with Crippen molar-refractivity contribution in [2.75, 3.05) is 6.54 Å². The molecule has 0 aliphatic carbocycles. The maximum atomic E-state index is 13.1. The lowest BCUT2D eigenvalue weighted by atomic mass is 9.95. The predicted octanol–water partition coefficient (Wildman–Crippen LogP) is 3.95. The number of nitrogens with one attached hydrogen (secondary N) is 1. The predicted molar refractivity (Wildman–Crippen MR) is 131 cm³/mol. The first-order chi connectivity index (χ1) is 17.5. The summed E-state index contributed by atoms with van der Waals surface area (Å²) in [5, 5.41) is 12.1. The summed E-state index contributed by atoms with van der Waals surface area (Å²) < 4.78 is 0. The number of hydrogen-bond donors (Lipinski definition) is 2. The average molecular weight is 482 g/mol. The van der Waals surface area contributed by atoms with Gasteiger partial charge in [0.2, 0.25) is 0 Å². The number of para-hydroxylation sites is 1. The lowest BCUT2D eigenvalue weighted by molar-refractivity contribution is -0.191. The van der Waals surface area contributed by atoms with Crippen LogP contribution >= 0.6 is 0 Å². The number of likely N-dealkylation sites (tertiary alicyclic amines) is 1. The van der Waals surface area contributed by atoms with E-state index in [2.05, 4.69) is 9.97 Å². The molecule has 8 nitrogen and oxygen atoms in total. The molecule has 0 spiro atoms.